The number of carbonyl (C=O) groups excluding carboxylic acids is 1. The van der Waals surface area contributed by atoms with E-state index in [1.807, 2.05) is 30.3 Å². The number of carboxylic acid groups (broad SMARTS) is 1. The second-order valence-electron chi connectivity index (χ2n) is 3.67. The topological polar surface area (TPSA) is 105 Å². The quantitative estimate of drug-likeness (QED) is 0.687. The number of amides is 1. The van der Waals surface area contributed by atoms with Gasteiger partial charge in [-0.2, -0.15) is 0 Å². The van der Waals surface area contributed by atoms with Crippen LogP contribution >= 0.6 is 0 Å². The summed E-state index contributed by atoms with van der Waals surface area (Å²) >= 11 is 0. The van der Waals surface area contributed by atoms with Crippen LogP contribution in [-0.4, -0.2) is 35.9 Å². The van der Waals surface area contributed by atoms with Gasteiger partial charge in [0.25, 0.3) is 5.91 Å². The number of nitrogens with zero attached hydrogens (tertiary/aromatic N) is 1. The lowest BCUT2D eigenvalue weighted by atomic mass is 10.1. The van der Waals surface area contributed by atoms with Gasteiger partial charge >= 0.3 is 5.97 Å². The Bertz CT molecular complexity index is 431. The van der Waals surface area contributed by atoms with E-state index in [9.17, 15) is 9.59 Å². The van der Waals surface area contributed by atoms with E-state index >= 15 is 0 Å². The summed E-state index contributed by atoms with van der Waals surface area (Å²) in [6, 6.07) is 8.54. The highest BCUT2D eigenvalue weighted by molar-refractivity contribution is 5.91. The molecule has 0 aliphatic carbocycles. The number of carboxylic acids is 1. The Kier molecular flexibility index (Phi) is 5.53. The first kappa shape index (κ1) is 13.9. The fourth-order valence-corrected chi connectivity index (χ4v) is 1.25. The third-order valence-electron chi connectivity index (χ3n) is 2.17. The molecule has 0 bridgehead atoms. The van der Waals surface area contributed by atoms with E-state index in [1.54, 1.807) is 0 Å². The standard InChI is InChI=1S/C9H11NO2.C3H4N2O/c10-8(9(11)12)6-7-4-2-1-3-5-7;6-3-1-4-2-5-3/h1-5,8H,6,10H2,(H,11,12);2H,1H2,(H,4,5,6). The van der Waals surface area contributed by atoms with Crippen LogP contribution in [0.1, 0.15) is 5.56 Å². The molecule has 0 spiro atoms. The van der Waals surface area contributed by atoms with Crippen molar-refractivity contribution in [2.45, 2.75) is 12.5 Å². The third-order valence-corrected chi connectivity index (χ3v) is 2.17. The maximum atomic E-state index is 10.4. The Morgan fingerprint density at radius 3 is 2.50 bits per heavy atom. The lowest BCUT2D eigenvalue weighted by molar-refractivity contribution is -0.138. The molecule has 0 saturated heterocycles. The molecule has 0 aromatic heterocycles. The van der Waals surface area contributed by atoms with Gasteiger partial charge in [0.1, 0.15) is 6.04 Å². The van der Waals surface area contributed by atoms with Crippen molar-refractivity contribution in [3.05, 3.63) is 35.9 Å². The first-order valence-electron chi connectivity index (χ1n) is 5.40. The van der Waals surface area contributed by atoms with Crippen LogP contribution in [-0.2, 0) is 16.0 Å². The minimum atomic E-state index is -0.959. The highest BCUT2D eigenvalue weighted by Gasteiger charge is 2.10. The van der Waals surface area contributed by atoms with Crippen molar-refractivity contribution in [3.63, 3.8) is 0 Å². The van der Waals surface area contributed by atoms with Crippen molar-refractivity contribution in [1.82, 2.24) is 5.32 Å². The molecule has 0 fully saturated rings. The molecule has 1 atom stereocenters. The summed E-state index contributed by atoms with van der Waals surface area (Å²) in [7, 11) is 0. The van der Waals surface area contributed by atoms with Gasteiger partial charge in [-0.15, -0.1) is 0 Å². The van der Waals surface area contributed by atoms with Gasteiger partial charge in [0.2, 0.25) is 0 Å². The van der Waals surface area contributed by atoms with Crippen LogP contribution in [0.2, 0.25) is 0 Å². The van der Waals surface area contributed by atoms with Crippen LogP contribution in [0.25, 0.3) is 0 Å². The summed E-state index contributed by atoms with van der Waals surface area (Å²) in [4.78, 5) is 23.7. The van der Waals surface area contributed by atoms with Crippen LogP contribution in [0, 0.1) is 0 Å². The number of hydrogen-bond donors (Lipinski definition) is 3. The summed E-state index contributed by atoms with van der Waals surface area (Å²) in [6.45, 7) is 0.375. The van der Waals surface area contributed by atoms with Gasteiger partial charge in [0.05, 0.1) is 12.9 Å². The molecule has 0 radical (unpaired) electrons. The Balaban J connectivity index is 0.000000225. The van der Waals surface area contributed by atoms with E-state index in [0.717, 1.165) is 5.56 Å². The molecule has 6 heteroatoms. The lowest BCUT2D eigenvalue weighted by Gasteiger charge is -2.04. The maximum absolute atomic E-state index is 10.4. The largest absolute Gasteiger partial charge is 0.480 e. The fraction of sp³-hybridized carbons (Fsp3) is 0.250. The van der Waals surface area contributed by atoms with E-state index in [2.05, 4.69) is 10.3 Å². The second kappa shape index (κ2) is 7.18. The summed E-state index contributed by atoms with van der Waals surface area (Å²) in [6.07, 6.45) is 1.79. The molecule has 96 valence electrons. The Morgan fingerprint density at radius 1 is 1.44 bits per heavy atom. The number of nitrogens with one attached hydrogen (secondary N) is 1. The summed E-state index contributed by atoms with van der Waals surface area (Å²) in [5, 5.41) is 11.1. The minimum Gasteiger partial charge on any atom is -0.480 e. The Hall–Kier alpha value is -2.21. The zero-order valence-electron chi connectivity index (χ0n) is 9.74. The SMILES string of the molecule is NC(Cc1ccccc1)C(=O)O.O=C1CNC=N1. The molecule has 2 rings (SSSR count). The summed E-state index contributed by atoms with van der Waals surface area (Å²) in [5.41, 5.74) is 6.30. The average Bonchev–Trinajstić information content (AvgIpc) is 2.82. The summed E-state index contributed by atoms with van der Waals surface area (Å²) < 4.78 is 0. The molecule has 1 unspecified atom stereocenters. The van der Waals surface area contributed by atoms with Crippen molar-refractivity contribution >= 4 is 18.2 Å². The van der Waals surface area contributed by atoms with Gasteiger partial charge in [-0.25, -0.2) is 4.99 Å². The average molecular weight is 249 g/mol. The number of rotatable bonds is 3. The van der Waals surface area contributed by atoms with Crippen molar-refractivity contribution in [2.24, 2.45) is 10.7 Å². The molecular formula is C12H15N3O3. The molecule has 1 aliphatic heterocycles. The fourth-order valence-electron chi connectivity index (χ4n) is 1.25. The number of benzene rings is 1. The predicted octanol–water partition coefficient (Wildman–Crippen LogP) is -0.214. The van der Waals surface area contributed by atoms with Crippen LogP contribution in [0.3, 0.4) is 0 Å². The lowest BCUT2D eigenvalue weighted by Crippen LogP contribution is -2.32. The van der Waals surface area contributed by atoms with Gasteiger partial charge in [-0.05, 0) is 12.0 Å². The molecular weight excluding hydrogens is 234 g/mol. The van der Waals surface area contributed by atoms with Gasteiger partial charge < -0.3 is 16.2 Å². The van der Waals surface area contributed by atoms with Crippen molar-refractivity contribution in [3.8, 4) is 0 Å². The minimum absolute atomic E-state index is 0.0880. The second-order valence-corrected chi connectivity index (χ2v) is 3.67. The molecule has 1 heterocycles. The first-order chi connectivity index (χ1) is 8.59. The van der Waals surface area contributed by atoms with Gasteiger partial charge in [0.15, 0.2) is 0 Å². The highest BCUT2D eigenvalue weighted by Crippen LogP contribution is 2.01. The monoisotopic (exact) mass is 249 g/mol. The maximum Gasteiger partial charge on any atom is 0.320 e. The number of carbonyl (C=O) groups is 2. The van der Waals surface area contributed by atoms with Crippen molar-refractivity contribution in [1.29, 1.82) is 0 Å². The molecule has 1 aliphatic rings. The van der Waals surface area contributed by atoms with Crippen LogP contribution in [0.4, 0.5) is 0 Å². The molecule has 18 heavy (non-hydrogen) atoms. The Morgan fingerprint density at radius 2 is 2.11 bits per heavy atom. The smallest absolute Gasteiger partial charge is 0.320 e. The molecule has 6 nitrogen and oxygen atoms in total. The highest BCUT2D eigenvalue weighted by atomic mass is 16.4. The van der Waals surface area contributed by atoms with E-state index in [-0.39, 0.29) is 5.91 Å². The molecule has 0 saturated carbocycles. The number of aliphatic imine (C=N–C) groups is 1. The zero-order chi connectivity index (χ0) is 13.4. The van der Waals surface area contributed by atoms with Crippen LogP contribution < -0.4 is 11.1 Å². The summed E-state index contributed by atoms with van der Waals surface area (Å²) in [5.74, 6) is -1.05. The first-order valence-corrected chi connectivity index (χ1v) is 5.40. The van der Waals surface area contributed by atoms with Gasteiger partial charge in [-0.1, -0.05) is 30.3 Å². The molecule has 4 N–H and O–H groups in total. The van der Waals surface area contributed by atoms with Crippen LogP contribution in [0.5, 0.6) is 0 Å². The van der Waals surface area contributed by atoms with Crippen LogP contribution in [0.15, 0.2) is 35.3 Å². The third kappa shape index (κ3) is 5.22. The molecule has 1 aromatic carbocycles. The zero-order valence-corrected chi connectivity index (χ0v) is 9.74. The van der Waals surface area contributed by atoms with E-state index in [0.29, 0.717) is 13.0 Å². The van der Waals surface area contributed by atoms with E-state index in [1.165, 1.54) is 6.34 Å². The van der Waals surface area contributed by atoms with E-state index < -0.39 is 12.0 Å². The predicted molar refractivity (Wildman–Crippen MR) is 67.3 cm³/mol. The van der Waals surface area contributed by atoms with Gasteiger partial charge in [0, 0.05) is 0 Å². The number of nitrogens with two attached hydrogens (primary N) is 1. The normalized spacial score (nSPS) is 14.4. The Labute approximate surface area is 105 Å². The van der Waals surface area contributed by atoms with Gasteiger partial charge in [-0.3, -0.25) is 9.59 Å². The molecule has 1 aromatic rings. The van der Waals surface area contributed by atoms with Crippen molar-refractivity contribution < 1.29 is 14.7 Å². The number of hydrogen-bond acceptors (Lipinski definition) is 4. The number of aliphatic carboxylic acids is 1. The van der Waals surface area contributed by atoms with Crippen molar-refractivity contribution in [2.75, 3.05) is 6.54 Å². The van der Waals surface area contributed by atoms with E-state index in [4.69, 9.17) is 10.8 Å². The molecule has 1 amide bonds.